The van der Waals surface area contributed by atoms with Crippen LogP contribution >= 0.6 is 0 Å². The zero-order valence-electron chi connectivity index (χ0n) is 19.3. The number of aryl methyl sites for hydroxylation is 1. The van der Waals surface area contributed by atoms with Crippen molar-refractivity contribution in [2.24, 2.45) is 0 Å². The largest absolute Gasteiger partial charge is 0.336 e. The SMILES string of the molecule is CCc1c(C)nn(-c2ccc(C(=O)N3CCN(C/C=C/c4ccccc4)CC3)cc2)c1C. The third-order valence-electron chi connectivity index (χ3n) is 6.29. The molecule has 0 aliphatic carbocycles. The van der Waals surface area contributed by atoms with E-state index >= 15 is 0 Å². The van der Waals surface area contributed by atoms with Crippen molar-refractivity contribution in [2.45, 2.75) is 27.2 Å². The molecule has 32 heavy (non-hydrogen) atoms. The number of piperazine rings is 1. The molecule has 0 N–H and O–H groups in total. The van der Waals surface area contributed by atoms with Crippen LogP contribution in [-0.4, -0.2) is 58.2 Å². The van der Waals surface area contributed by atoms with Gasteiger partial charge in [0.05, 0.1) is 11.4 Å². The number of amides is 1. The monoisotopic (exact) mass is 428 g/mol. The van der Waals surface area contributed by atoms with Gasteiger partial charge in [0.1, 0.15) is 0 Å². The number of aromatic nitrogens is 2. The van der Waals surface area contributed by atoms with Crippen molar-refractivity contribution in [1.82, 2.24) is 19.6 Å². The lowest BCUT2D eigenvalue weighted by Gasteiger charge is -2.34. The number of hydrogen-bond acceptors (Lipinski definition) is 3. The molecule has 0 atom stereocenters. The standard InChI is InChI=1S/C27H32N4O/c1-4-26-21(2)28-31(22(26)3)25-14-12-24(13-15-25)27(32)30-19-17-29(18-20-30)16-8-11-23-9-6-5-7-10-23/h5-15H,4,16-20H2,1-3H3/b11-8+. The molecule has 0 bridgehead atoms. The molecule has 0 spiro atoms. The third-order valence-corrected chi connectivity index (χ3v) is 6.29. The zero-order chi connectivity index (χ0) is 22.5. The summed E-state index contributed by atoms with van der Waals surface area (Å²) in [5.74, 6) is 0.110. The molecule has 1 aliphatic heterocycles. The van der Waals surface area contributed by atoms with Crippen molar-refractivity contribution in [3.05, 3.63) is 88.8 Å². The summed E-state index contributed by atoms with van der Waals surface area (Å²) >= 11 is 0. The van der Waals surface area contributed by atoms with Gasteiger partial charge in [-0.25, -0.2) is 4.68 Å². The van der Waals surface area contributed by atoms with Crippen LogP contribution in [0.25, 0.3) is 11.8 Å². The molecule has 3 aromatic rings. The Hall–Kier alpha value is -3.18. The molecule has 2 heterocycles. The van der Waals surface area contributed by atoms with Gasteiger partial charge in [0.2, 0.25) is 0 Å². The minimum Gasteiger partial charge on any atom is -0.336 e. The summed E-state index contributed by atoms with van der Waals surface area (Å²) in [6.45, 7) is 10.5. The highest BCUT2D eigenvalue weighted by Gasteiger charge is 2.21. The van der Waals surface area contributed by atoms with Gasteiger partial charge < -0.3 is 4.90 Å². The number of rotatable bonds is 6. The molecule has 0 unspecified atom stereocenters. The maximum absolute atomic E-state index is 13.0. The van der Waals surface area contributed by atoms with Gasteiger partial charge in [0, 0.05) is 44.0 Å². The molecule has 166 valence electrons. The van der Waals surface area contributed by atoms with Crippen LogP contribution in [0.2, 0.25) is 0 Å². The van der Waals surface area contributed by atoms with Crippen LogP contribution in [-0.2, 0) is 6.42 Å². The first-order valence-electron chi connectivity index (χ1n) is 11.5. The van der Waals surface area contributed by atoms with Crippen LogP contribution in [0.15, 0.2) is 60.7 Å². The van der Waals surface area contributed by atoms with Gasteiger partial charge in [-0.3, -0.25) is 9.69 Å². The molecule has 5 heteroatoms. The van der Waals surface area contributed by atoms with Crippen molar-refractivity contribution in [1.29, 1.82) is 0 Å². The maximum atomic E-state index is 13.0. The molecule has 1 amide bonds. The Morgan fingerprint density at radius 2 is 1.66 bits per heavy atom. The van der Waals surface area contributed by atoms with Crippen LogP contribution in [0.5, 0.6) is 0 Å². The predicted octanol–water partition coefficient (Wildman–Crippen LogP) is 4.52. The van der Waals surface area contributed by atoms with Gasteiger partial charge in [-0.2, -0.15) is 5.10 Å². The van der Waals surface area contributed by atoms with E-state index in [-0.39, 0.29) is 5.91 Å². The van der Waals surface area contributed by atoms with Crippen molar-refractivity contribution in [2.75, 3.05) is 32.7 Å². The van der Waals surface area contributed by atoms with E-state index in [1.807, 2.05) is 39.9 Å². The molecule has 1 fully saturated rings. The highest BCUT2D eigenvalue weighted by molar-refractivity contribution is 5.94. The van der Waals surface area contributed by atoms with Crippen LogP contribution in [0.4, 0.5) is 0 Å². The molecule has 1 saturated heterocycles. The number of hydrogen-bond donors (Lipinski definition) is 0. The Balaban J connectivity index is 1.33. The Morgan fingerprint density at radius 3 is 2.28 bits per heavy atom. The molecule has 1 aromatic heterocycles. The van der Waals surface area contributed by atoms with Gasteiger partial charge >= 0.3 is 0 Å². The summed E-state index contributed by atoms with van der Waals surface area (Å²) in [6.07, 6.45) is 5.34. The number of carbonyl (C=O) groups is 1. The van der Waals surface area contributed by atoms with Crippen molar-refractivity contribution in [3.8, 4) is 5.69 Å². The van der Waals surface area contributed by atoms with E-state index in [2.05, 4.69) is 67.2 Å². The fourth-order valence-corrected chi connectivity index (χ4v) is 4.40. The summed E-state index contributed by atoms with van der Waals surface area (Å²) in [5, 5.41) is 4.68. The topological polar surface area (TPSA) is 41.4 Å². The number of carbonyl (C=O) groups excluding carboxylic acids is 1. The highest BCUT2D eigenvalue weighted by atomic mass is 16.2. The lowest BCUT2D eigenvalue weighted by molar-refractivity contribution is 0.0650. The van der Waals surface area contributed by atoms with E-state index in [9.17, 15) is 4.79 Å². The molecule has 5 nitrogen and oxygen atoms in total. The first kappa shape index (κ1) is 22.0. The number of benzene rings is 2. The zero-order valence-corrected chi connectivity index (χ0v) is 19.3. The van der Waals surface area contributed by atoms with Crippen LogP contribution in [0.1, 0.15) is 39.8 Å². The summed E-state index contributed by atoms with van der Waals surface area (Å²) < 4.78 is 1.98. The van der Waals surface area contributed by atoms with E-state index in [4.69, 9.17) is 0 Å². The molecule has 0 radical (unpaired) electrons. The normalized spacial score (nSPS) is 14.9. The predicted molar refractivity (Wildman–Crippen MR) is 130 cm³/mol. The lowest BCUT2D eigenvalue weighted by Crippen LogP contribution is -2.48. The quantitative estimate of drug-likeness (QED) is 0.580. The highest BCUT2D eigenvalue weighted by Crippen LogP contribution is 2.19. The van der Waals surface area contributed by atoms with Crippen molar-refractivity contribution >= 4 is 12.0 Å². The molecule has 0 saturated carbocycles. The summed E-state index contributed by atoms with van der Waals surface area (Å²) in [5.41, 5.74) is 6.49. The summed E-state index contributed by atoms with van der Waals surface area (Å²) in [4.78, 5) is 17.3. The average Bonchev–Trinajstić information content (AvgIpc) is 3.13. The summed E-state index contributed by atoms with van der Waals surface area (Å²) in [6, 6.07) is 18.2. The second-order valence-electron chi connectivity index (χ2n) is 8.37. The third kappa shape index (κ3) is 4.83. The van der Waals surface area contributed by atoms with Gasteiger partial charge in [0.15, 0.2) is 0 Å². The number of nitrogens with zero attached hydrogens (tertiary/aromatic N) is 4. The molecule has 2 aromatic carbocycles. The molecule has 4 rings (SSSR count). The van der Waals surface area contributed by atoms with Gasteiger partial charge in [-0.1, -0.05) is 49.4 Å². The van der Waals surface area contributed by atoms with Gasteiger partial charge in [-0.15, -0.1) is 0 Å². The Morgan fingerprint density at radius 1 is 0.969 bits per heavy atom. The Bertz CT molecular complexity index is 1070. The van der Waals surface area contributed by atoms with E-state index < -0.39 is 0 Å². The fraction of sp³-hybridized carbons (Fsp3) is 0.333. The van der Waals surface area contributed by atoms with Gasteiger partial charge in [0.25, 0.3) is 5.91 Å². The second-order valence-corrected chi connectivity index (χ2v) is 8.37. The fourth-order valence-electron chi connectivity index (χ4n) is 4.40. The molecular formula is C27H32N4O. The maximum Gasteiger partial charge on any atom is 0.253 e. The minimum atomic E-state index is 0.110. The molecule has 1 aliphatic rings. The smallest absolute Gasteiger partial charge is 0.253 e. The minimum absolute atomic E-state index is 0.110. The first-order chi connectivity index (χ1) is 15.6. The average molecular weight is 429 g/mol. The first-order valence-corrected chi connectivity index (χ1v) is 11.5. The lowest BCUT2D eigenvalue weighted by atomic mass is 10.1. The van der Waals surface area contributed by atoms with E-state index in [1.165, 1.54) is 16.8 Å². The Kier molecular flexibility index (Phi) is 6.86. The van der Waals surface area contributed by atoms with E-state index in [0.29, 0.717) is 0 Å². The van der Waals surface area contributed by atoms with Crippen molar-refractivity contribution in [3.63, 3.8) is 0 Å². The van der Waals surface area contributed by atoms with E-state index in [1.54, 1.807) is 0 Å². The van der Waals surface area contributed by atoms with Crippen LogP contribution in [0, 0.1) is 13.8 Å². The molecular weight excluding hydrogens is 396 g/mol. The van der Waals surface area contributed by atoms with Crippen LogP contribution < -0.4 is 0 Å². The van der Waals surface area contributed by atoms with Crippen molar-refractivity contribution < 1.29 is 4.79 Å². The summed E-state index contributed by atoms with van der Waals surface area (Å²) in [7, 11) is 0. The van der Waals surface area contributed by atoms with E-state index in [0.717, 1.165) is 56.1 Å². The van der Waals surface area contributed by atoms with Gasteiger partial charge in [-0.05, 0) is 55.7 Å². The Labute approximate surface area is 191 Å². The van der Waals surface area contributed by atoms with Crippen LogP contribution in [0.3, 0.4) is 0 Å². The second kappa shape index (κ2) is 9.96.